The summed E-state index contributed by atoms with van der Waals surface area (Å²) < 4.78 is 0. The Kier molecular flexibility index (Phi) is 7.58. The molecule has 2 saturated heterocycles. The monoisotopic (exact) mass is 512 g/mol. The summed E-state index contributed by atoms with van der Waals surface area (Å²) >= 11 is 1.50. The van der Waals surface area contributed by atoms with Crippen LogP contribution in [-0.4, -0.2) is 86.8 Å². The number of aliphatic hydroxyl groups excluding tert-OH is 1. The van der Waals surface area contributed by atoms with Crippen molar-refractivity contribution in [2.75, 3.05) is 26.0 Å². The van der Waals surface area contributed by atoms with Gasteiger partial charge in [-0.15, -0.1) is 11.8 Å². The molecule has 4 N–H and O–H groups in total. The Bertz CT molecular complexity index is 1150. The second kappa shape index (κ2) is 10.5. The predicted octanol–water partition coefficient (Wildman–Crippen LogP) is 1.08. The van der Waals surface area contributed by atoms with Crippen molar-refractivity contribution in [2.45, 2.75) is 43.3 Å². The summed E-state index contributed by atoms with van der Waals surface area (Å²) in [5.74, 6) is -0.978. The number of carbonyl (C=O) groups excluding carboxylic acids is 3. The highest BCUT2D eigenvalue weighted by Gasteiger charge is 2.65. The van der Waals surface area contributed by atoms with Gasteiger partial charge >= 0.3 is 0 Å². The molecule has 1 unspecified atom stereocenters. The SMILES string of the molecule is CNCCN1C(=O)[C@H]2N(C(=O)[C@@H](O)[C@H](Cc3ccccc3)NC(=O)c3cccc(O)c3C)CSC21C. The highest BCUT2D eigenvalue weighted by molar-refractivity contribution is 8.01. The highest BCUT2D eigenvalue weighted by atomic mass is 32.2. The van der Waals surface area contributed by atoms with E-state index in [0.717, 1.165) is 5.56 Å². The number of nitrogens with zero attached hydrogens (tertiary/aromatic N) is 2. The number of phenols is 1. The third-order valence-electron chi connectivity index (χ3n) is 7.02. The average Bonchev–Trinajstić information content (AvgIpc) is 3.18. The van der Waals surface area contributed by atoms with E-state index in [1.165, 1.54) is 22.7 Å². The van der Waals surface area contributed by atoms with Crippen LogP contribution in [0.3, 0.4) is 0 Å². The van der Waals surface area contributed by atoms with Gasteiger partial charge in [0, 0.05) is 24.2 Å². The molecule has 2 aliphatic heterocycles. The minimum absolute atomic E-state index is 0.0152. The molecule has 36 heavy (non-hydrogen) atoms. The van der Waals surface area contributed by atoms with Gasteiger partial charge in [-0.05, 0) is 45.0 Å². The first kappa shape index (κ1) is 26.0. The van der Waals surface area contributed by atoms with E-state index in [-0.39, 0.29) is 29.5 Å². The number of carbonyl (C=O) groups is 3. The fourth-order valence-electron chi connectivity index (χ4n) is 4.84. The van der Waals surface area contributed by atoms with Gasteiger partial charge < -0.3 is 30.6 Å². The zero-order chi connectivity index (χ0) is 26.0. The quantitative estimate of drug-likeness (QED) is 0.371. The number of likely N-dealkylation sites (tertiary alicyclic amines) is 1. The molecule has 0 bridgehead atoms. The molecule has 2 heterocycles. The highest BCUT2D eigenvalue weighted by Crippen LogP contribution is 2.50. The van der Waals surface area contributed by atoms with Crippen molar-refractivity contribution in [3.63, 3.8) is 0 Å². The van der Waals surface area contributed by atoms with Gasteiger partial charge in [0.05, 0.1) is 11.9 Å². The van der Waals surface area contributed by atoms with Gasteiger partial charge in [-0.2, -0.15) is 0 Å². The van der Waals surface area contributed by atoms with Crippen molar-refractivity contribution in [2.24, 2.45) is 0 Å². The summed E-state index contributed by atoms with van der Waals surface area (Å²) in [6, 6.07) is 12.3. The molecule has 2 aromatic carbocycles. The van der Waals surface area contributed by atoms with Gasteiger partial charge in [0.2, 0.25) is 5.91 Å². The Balaban J connectivity index is 1.54. The largest absolute Gasteiger partial charge is 0.508 e. The first-order chi connectivity index (χ1) is 17.2. The molecular formula is C26H32N4O5S. The normalized spacial score (nSPS) is 22.6. The summed E-state index contributed by atoms with van der Waals surface area (Å²) in [7, 11) is 1.82. The molecule has 0 radical (unpaired) electrons. The molecule has 4 atom stereocenters. The third-order valence-corrected chi connectivity index (χ3v) is 8.45. The number of hydrogen-bond acceptors (Lipinski definition) is 7. The first-order valence-electron chi connectivity index (χ1n) is 11.9. The predicted molar refractivity (Wildman–Crippen MR) is 137 cm³/mol. The van der Waals surface area contributed by atoms with E-state index in [0.29, 0.717) is 18.7 Å². The molecule has 192 valence electrons. The standard InChI is InChI=1S/C26H32N4O5S/c1-16-18(10-7-11-20(16)31)23(33)28-19(14-17-8-5-4-6-9-17)21(32)24(34)29-15-36-26(2)22(29)25(35)30(26)13-12-27-3/h4-11,19,21-22,27,31-32H,12-15H2,1-3H3,(H,28,33)/t19-,21-,22+,26?/m0/s1. The van der Waals surface area contributed by atoms with Gasteiger partial charge in [0.15, 0.2) is 6.10 Å². The second-order valence-electron chi connectivity index (χ2n) is 9.30. The maximum atomic E-state index is 13.5. The number of β-lactam (4-membered cyclic amide) rings is 1. The lowest BCUT2D eigenvalue weighted by molar-refractivity contribution is -0.167. The Morgan fingerprint density at radius 1 is 1.19 bits per heavy atom. The van der Waals surface area contributed by atoms with Crippen LogP contribution in [0.1, 0.15) is 28.4 Å². The number of aliphatic hydroxyl groups is 1. The van der Waals surface area contributed by atoms with E-state index in [1.54, 1.807) is 24.0 Å². The number of hydrogen-bond donors (Lipinski definition) is 4. The Hall–Kier alpha value is -3.08. The van der Waals surface area contributed by atoms with Crippen molar-refractivity contribution in [3.05, 3.63) is 65.2 Å². The van der Waals surface area contributed by atoms with E-state index in [4.69, 9.17) is 0 Å². The minimum atomic E-state index is -1.56. The number of fused-ring (bicyclic) bond motifs is 1. The van der Waals surface area contributed by atoms with Crippen LogP contribution < -0.4 is 10.6 Å². The molecule has 0 saturated carbocycles. The van der Waals surface area contributed by atoms with Crippen LogP contribution in [-0.2, 0) is 16.0 Å². The number of benzene rings is 2. The third kappa shape index (κ3) is 4.68. The van der Waals surface area contributed by atoms with Crippen molar-refractivity contribution in [1.29, 1.82) is 0 Å². The fraction of sp³-hybridized carbons (Fsp3) is 0.423. The summed E-state index contributed by atoms with van der Waals surface area (Å²) in [5.41, 5.74) is 1.50. The Morgan fingerprint density at radius 2 is 1.92 bits per heavy atom. The minimum Gasteiger partial charge on any atom is -0.508 e. The molecule has 0 spiro atoms. The van der Waals surface area contributed by atoms with E-state index < -0.39 is 34.9 Å². The van der Waals surface area contributed by atoms with E-state index in [9.17, 15) is 24.6 Å². The summed E-state index contributed by atoms with van der Waals surface area (Å²) in [5, 5.41) is 27.1. The summed E-state index contributed by atoms with van der Waals surface area (Å²) in [4.78, 5) is 42.2. The van der Waals surface area contributed by atoms with E-state index >= 15 is 0 Å². The number of nitrogens with one attached hydrogen (secondary N) is 2. The molecule has 0 aliphatic carbocycles. The van der Waals surface area contributed by atoms with Crippen LogP contribution in [0.25, 0.3) is 0 Å². The maximum Gasteiger partial charge on any atom is 0.255 e. The molecule has 0 aromatic heterocycles. The number of phenolic OH excluding ortho intramolecular Hbond substituents is 1. The van der Waals surface area contributed by atoms with Gasteiger partial charge in [-0.1, -0.05) is 36.4 Å². The number of thioether (sulfide) groups is 1. The molecule has 2 fully saturated rings. The molecule has 9 nitrogen and oxygen atoms in total. The van der Waals surface area contributed by atoms with Crippen LogP contribution in [0.15, 0.2) is 48.5 Å². The molecule has 3 amide bonds. The number of amides is 3. The molecule has 2 aliphatic rings. The maximum absolute atomic E-state index is 13.5. The van der Waals surface area contributed by atoms with Crippen molar-refractivity contribution in [1.82, 2.24) is 20.4 Å². The van der Waals surface area contributed by atoms with Crippen LogP contribution in [0.5, 0.6) is 5.75 Å². The number of aromatic hydroxyl groups is 1. The zero-order valence-corrected chi connectivity index (χ0v) is 21.4. The van der Waals surface area contributed by atoms with Gasteiger partial charge in [-0.3, -0.25) is 14.4 Å². The van der Waals surface area contributed by atoms with Crippen LogP contribution >= 0.6 is 11.8 Å². The molecule has 4 rings (SSSR count). The summed E-state index contributed by atoms with van der Waals surface area (Å²) in [6.45, 7) is 4.75. The van der Waals surface area contributed by atoms with Crippen LogP contribution in [0.2, 0.25) is 0 Å². The topological polar surface area (TPSA) is 122 Å². The van der Waals surface area contributed by atoms with Gasteiger partial charge in [-0.25, -0.2) is 0 Å². The van der Waals surface area contributed by atoms with E-state index in [1.807, 2.05) is 44.3 Å². The second-order valence-corrected chi connectivity index (χ2v) is 10.7. The van der Waals surface area contributed by atoms with Crippen molar-refractivity contribution >= 4 is 29.5 Å². The van der Waals surface area contributed by atoms with Gasteiger partial charge in [0.1, 0.15) is 16.7 Å². The molecule has 10 heteroatoms. The lowest BCUT2D eigenvalue weighted by atomic mass is 9.93. The lowest BCUT2D eigenvalue weighted by Gasteiger charge is -2.52. The fourth-order valence-corrected chi connectivity index (χ4v) is 6.24. The number of likely N-dealkylation sites (N-methyl/N-ethyl adjacent to an activating group) is 1. The van der Waals surface area contributed by atoms with Crippen LogP contribution in [0.4, 0.5) is 0 Å². The molecular weight excluding hydrogens is 480 g/mol. The number of rotatable bonds is 9. The summed E-state index contributed by atoms with van der Waals surface area (Å²) in [6.07, 6.45) is -1.35. The Labute approximate surface area is 214 Å². The average molecular weight is 513 g/mol. The van der Waals surface area contributed by atoms with Gasteiger partial charge in [0.25, 0.3) is 11.8 Å². The van der Waals surface area contributed by atoms with E-state index in [2.05, 4.69) is 10.6 Å². The molecule has 2 aromatic rings. The lowest BCUT2D eigenvalue weighted by Crippen LogP contribution is -2.74. The van der Waals surface area contributed by atoms with Crippen molar-refractivity contribution in [3.8, 4) is 5.75 Å². The first-order valence-corrected chi connectivity index (χ1v) is 12.9. The smallest absolute Gasteiger partial charge is 0.255 e. The Morgan fingerprint density at radius 3 is 2.61 bits per heavy atom. The van der Waals surface area contributed by atoms with Crippen molar-refractivity contribution < 1.29 is 24.6 Å². The van der Waals surface area contributed by atoms with Crippen LogP contribution in [0, 0.1) is 6.92 Å². The zero-order valence-electron chi connectivity index (χ0n) is 20.6.